The van der Waals surface area contributed by atoms with Gasteiger partial charge in [0.2, 0.25) is 0 Å². The van der Waals surface area contributed by atoms with Crippen LogP contribution in [-0.4, -0.2) is 23.9 Å². The SMILES string of the molecule is C=C(NC(C)C(=C)C)c1cc(OC(CCC)CCO)cc(C(=C)S/C(C)=C\C)c1. The first-order valence-electron chi connectivity index (χ1n) is 10.3. The fourth-order valence-electron chi connectivity index (χ4n) is 2.70. The van der Waals surface area contributed by atoms with Crippen LogP contribution in [0.15, 0.2) is 54.5 Å². The number of ether oxygens (including phenoxy) is 1. The normalized spacial score (nSPS) is 13.5. The van der Waals surface area contributed by atoms with E-state index in [2.05, 4.69) is 58.0 Å². The van der Waals surface area contributed by atoms with Crippen molar-refractivity contribution < 1.29 is 9.84 Å². The first kappa shape index (κ1) is 25.1. The van der Waals surface area contributed by atoms with Crippen LogP contribution in [0.3, 0.4) is 0 Å². The third-order valence-corrected chi connectivity index (χ3v) is 5.80. The average Bonchev–Trinajstić information content (AvgIpc) is 2.67. The van der Waals surface area contributed by atoms with E-state index < -0.39 is 0 Å². The van der Waals surface area contributed by atoms with Gasteiger partial charge in [0, 0.05) is 35.2 Å². The van der Waals surface area contributed by atoms with Gasteiger partial charge in [-0.05, 0) is 62.8 Å². The zero-order chi connectivity index (χ0) is 22.0. The molecule has 2 unspecified atom stereocenters. The smallest absolute Gasteiger partial charge is 0.121 e. The lowest BCUT2D eigenvalue weighted by molar-refractivity contribution is 0.145. The van der Waals surface area contributed by atoms with Crippen LogP contribution in [0.1, 0.15) is 65.0 Å². The quantitative estimate of drug-likeness (QED) is 0.349. The molecule has 0 saturated carbocycles. The molecule has 1 aromatic rings. The minimum Gasteiger partial charge on any atom is -0.490 e. The first-order valence-corrected chi connectivity index (χ1v) is 11.1. The van der Waals surface area contributed by atoms with Crippen molar-refractivity contribution in [2.75, 3.05) is 6.61 Å². The number of aliphatic hydroxyl groups excluding tert-OH is 1. The molecule has 29 heavy (non-hydrogen) atoms. The van der Waals surface area contributed by atoms with Gasteiger partial charge in [0.1, 0.15) is 11.9 Å². The lowest BCUT2D eigenvalue weighted by atomic mass is 10.1. The van der Waals surface area contributed by atoms with Crippen LogP contribution < -0.4 is 10.1 Å². The summed E-state index contributed by atoms with van der Waals surface area (Å²) in [6.07, 6.45) is 4.59. The molecule has 2 N–H and O–H groups in total. The number of aliphatic hydroxyl groups is 1. The summed E-state index contributed by atoms with van der Waals surface area (Å²) >= 11 is 1.65. The maximum atomic E-state index is 9.37. The molecule has 0 aliphatic heterocycles. The summed E-state index contributed by atoms with van der Waals surface area (Å²) in [5.74, 6) is 0.773. The molecule has 2 atom stereocenters. The molecule has 1 rings (SSSR count). The van der Waals surface area contributed by atoms with Gasteiger partial charge in [-0.25, -0.2) is 0 Å². The van der Waals surface area contributed by atoms with Crippen molar-refractivity contribution in [2.24, 2.45) is 0 Å². The molecular formula is C25H37NO2S. The van der Waals surface area contributed by atoms with Crippen molar-refractivity contribution in [3.05, 3.63) is 65.6 Å². The highest BCUT2D eigenvalue weighted by molar-refractivity contribution is 8.11. The molecule has 0 bridgehead atoms. The van der Waals surface area contributed by atoms with E-state index in [1.165, 1.54) is 4.91 Å². The third-order valence-electron chi connectivity index (χ3n) is 4.76. The van der Waals surface area contributed by atoms with Gasteiger partial charge in [-0.3, -0.25) is 0 Å². The van der Waals surface area contributed by atoms with Crippen molar-refractivity contribution >= 4 is 22.4 Å². The minimum absolute atomic E-state index is 0.0122. The van der Waals surface area contributed by atoms with Crippen LogP contribution in [-0.2, 0) is 0 Å². The van der Waals surface area contributed by atoms with E-state index in [1.54, 1.807) is 11.8 Å². The topological polar surface area (TPSA) is 41.5 Å². The Kier molecular flexibility index (Phi) is 10.9. The van der Waals surface area contributed by atoms with Gasteiger partial charge in [-0.15, -0.1) is 0 Å². The number of benzene rings is 1. The van der Waals surface area contributed by atoms with E-state index in [0.29, 0.717) is 6.42 Å². The Morgan fingerprint density at radius 3 is 2.38 bits per heavy atom. The second kappa shape index (κ2) is 12.6. The Morgan fingerprint density at radius 1 is 1.17 bits per heavy atom. The molecule has 0 heterocycles. The monoisotopic (exact) mass is 415 g/mol. The molecule has 0 aliphatic carbocycles. The van der Waals surface area contributed by atoms with E-state index in [0.717, 1.165) is 45.9 Å². The molecule has 0 amide bonds. The largest absolute Gasteiger partial charge is 0.490 e. The lowest BCUT2D eigenvalue weighted by Crippen LogP contribution is -2.24. The van der Waals surface area contributed by atoms with Crippen LogP contribution in [0.5, 0.6) is 5.75 Å². The second-order valence-electron chi connectivity index (χ2n) is 7.40. The maximum Gasteiger partial charge on any atom is 0.121 e. The average molecular weight is 416 g/mol. The number of hydrogen-bond acceptors (Lipinski definition) is 4. The summed E-state index contributed by atoms with van der Waals surface area (Å²) < 4.78 is 6.25. The molecule has 160 valence electrons. The van der Waals surface area contributed by atoms with Gasteiger partial charge < -0.3 is 15.2 Å². The standard InChI is InChI=1S/C25H37NO2S/c1-9-11-24(12-13-27)28-25-15-22(20(7)26-19(6)17(3)4)14-23(16-25)21(8)29-18(5)10-2/h10,14-16,19,24,26-27H,3,7-9,11-13H2,1-2,4-6H3/b18-10-. The molecule has 0 spiro atoms. The van der Waals surface area contributed by atoms with Crippen LogP contribution in [0.2, 0.25) is 0 Å². The highest BCUT2D eigenvalue weighted by Gasteiger charge is 2.14. The number of nitrogens with one attached hydrogen (secondary N) is 1. The van der Waals surface area contributed by atoms with Gasteiger partial charge in [0.25, 0.3) is 0 Å². The molecule has 3 nitrogen and oxygen atoms in total. The Hall–Kier alpha value is -1.91. The molecule has 0 aliphatic rings. The van der Waals surface area contributed by atoms with E-state index in [1.807, 2.05) is 26.0 Å². The number of allylic oxidation sites excluding steroid dienone is 2. The molecule has 0 radical (unpaired) electrons. The summed E-state index contributed by atoms with van der Waals surface area (Å²) in [6, 6.07) is 6.24. The molecular weight excluding hydrogens is 378 g/mol. The summed E-state index contributed by atoms with van der Waals surface area (Å²) in [5.41, 5.74) is 3.84. The highest BCUT2D eigenvalue weighted by Crippen LogP contribution is 2.35. The first-order chi connectivity index (χ1) is 13.7. The lowest BCUT2D eigenvalue weighted by Gasteiger charge is -2.22. The number of thioether (sulfide) groups is 1. The zero-order valence-corrected chi connectivity index (χ0v) is 19.5. The van der Waals surface area contributed by atoms with Crippen molar-refractivity contribution in [1.82, 2.24) is 5.32 Å². The number of hydrogen-bond donors (Lipinski definition) is 2. The predicted molar refractivity (Wildman–Crippen MR) is 130 cm³/mol. The third kappa shape index (κ3) is 8.55. The second-order valence-corrected chi connectivity index (χ2v) is 8.74. The summed E-state index contributed by atoms with van der Waals surface area (Å²) in [5, 5.41) is 12.8. The number of rotatable bonds is 13. The predicted octanol–water partition coefficient (Wildman–Crippen LogP) is 6.77. The fraction of sp³-hybridized carbons (Fsp3) is 0.440. The van der Waals surface area contributed by atoms with Gasteiger partial charge in [-0.1, -0.05) is 56.5 Å². The van der Waals surface area contributed by atoms with Crippen molar-refractivity contribution in [3.63, 3.8) is 0 Å². The van der Waals surface area contributed by atoms with Crippen molar-refractivity contribution in [3.8, 4) is 5.75 Å². The van der Waals surface area contributed by atoms with Gasteiger partial charge in [0.15, 0.2) is 0 Å². The van der Waals surface area contributed by atoms with Crippen LogP contribution in [0.25, 0.3) is 10.6 Å². The Bertz CT molecular complexity index is 745. The van der Waals surface area contributed by atoms with Crippen molar-refractivity contribution in [2.45, 2.75) is 66.0 Å². The summed E-state index contributed by atoms with van der Waals surface area (Å²) in [4.78, 5) is 2.15. The van der Waals surface area contributed by atoms with Gasteiger partial charge in [0.05, 0.1) is 0 Å². The molecule has 0 fully saturated rings. The molecule has 4 heteroatoms. The fourth-order valence-corrected chi connectivity index (χ4v) is 3.45. The van der Waals surface area contributed by atoms with E-state index >= 15 is 0 Å². The van der Waals surface area contributed by atoms with Gasteiger partial charge in [-0.2, -0.15) is 0 Å². The minimum atomic E-state index is -0.0122. The maximum absolute atomic E-state index is 9.37. The Morgan fingerprint density at radius 2 is 1.83 bits per heavy atom. The molecule has 0 aromatic heterocycles. The summed E-state index contributed by atoms with van der Waals surface area (Å²) in [7, 11) is 0. The van der Waals surface area contributed by atoms with E-state index in [4.69, 9.17) is 4.74 Å². The van der Waals surface area contributed by atoms with Crippen LogP contribution in [0, 0.1) is 0 Å². The van der Waals surface area contributed by atoms with Gasteiger partial charge >= 0.3 is 0 Å². The molecule has 0 saturated heterocycles. The molecule has 1 aromatic carbocycles. The highest BCUT2D eigenvalue weighted by atomic mass is 32.2. The van der Waals surface area contributed by atoms with E-state index in [-0.39, 0.29) is 18.8 Å². The zero-order valence-electron chi connectivity index (χ0n) is 18.7. The summed E-state index contributed by atoms with van der Waals surface area (Å²) in [6.45, 7) is 22.9. The Labute approximate surface area is 181 Å². The van der Waals surface area contributed by atoms with E-state index in [9.17, 15) is 5.11 Å². The van der Waals surface area contributed by atoms with Crippen molar-refractivity contribution in [1.29, 1.82) is 0 Å². The van der Waals surface area contributed by atoms with Crippen LogP contribution >= 0.6 is 11.8 Å². The van der Waals surface area contributed by atoms with Crippen LogP contribution in [0.4, 0.5) is 0 Å². The Balaban J connectivity index is 3.25.